The third-order valence-electron chi connectivity index (χ3n) is 2.63. The van der Waals surface area contributed by atoms with Gasteiger partial charge >= 0.3 is 20.8 Å². The van der Waals surface area contributed by atoms with Crippen LogP contribution in [-0.4, -0.2) is 38.1 Å². The van der Waals surface area contributed by atoms with E-state index in [1.54, 1.807) is 0 Å². The maximum Gasteiger partial charge on any atom is 0.397 e. The van der Waals surface area contributed by atoms with Crippen LogP contribution in [0.25, 0.3) is 0 Å². The van der Waals surface area contributed by atoms with Gasteiger partial charge in [0, 0.05) is 0 Å². The first kappa shape index (κ1) is 19.7. The van der Waals surface area contributed by atoms with Crippen molar-refractivity contribution in [1.29, 1.82) is 0 Å². The molecule has 0 spiro atoms. The highest BCUT2D eigenvalue weighted by Gasteiger charge is 2.27. The Kier molecular flexibility index (Phi) is 8.79. The molecule has 0 aromatic heterocycles. The first-order chi connectivity index (χ1) is 9.05. The van der Waals surface area contributed by atoms with Crippen LogP contribution in [0.15, 0.2) is 0 Å². The predicted octanol–water partition coefficient (Wildman–Crippen LogP) is 1.74. The molecule has 2 N–H and O–H groups in total. The van der Waals surface area contributed by atoms with E-state index in [4.69, 9.17) is 9.11 Å². The van der Waals surface area contributed by atoms with Crippen molar-refractivity contribution < 1.29 is 34.3 Å². The minimum Gasteiger partial charge on any atom is -0.264 e. The molecular formula is C10H22O8S2. The van der Waals surface area contributed by atoms with Crippen LogP contribution < -0.4 is 0 Å². The van der Waals surface area contributed by atoms with Crippen molar-refractivity contribution in [2.24, 2.45) is 0 Å². The van der Waals surface area contributed by atoms with Crippen molar-refractivity contribution in [3.63, 3.8) is 0 Å². The molecule has 0 heterocycles. The van der Waals surface area contributed by atoms with Gasteiger partial charge < -0.3 is 0 Å². The summed E-state index contributed by atoms with van der Waals surface area (Å²) in [5, 5.41) is 0. The summed E-state index contributed by atoms with van der Waals surface area (Å²) in [6.07, 6.45) is 2.21. The third kappa shape index (κ3) is 11.6. The molecule has 0 radical (unpaired) electrons. The van der Waals surface area contributed by atoms with Crippen LogP contribution in [0.3, 0.4) is 0 Å². The zero-order valence-corrected chi connectivity index (χ0v) is 13.2. The average molecular weight is 334 g/mol. The van der Waals surface area contributed by atoms with Crippen molar-refractivity contribution in [1.82, 2.24) is 0 Å². The molecule has 0 aromatic rings. The molecule has 0 fully saturated rings. The third-order valence-corrected chi connectivity index (χ3v) is 3.67. The summed E-state index contributed by atoms with van der Waals surface area (Å²) in [6.45, 7) is 3.28. The second kappa shape index (κ2) is 8.90. The normalized spacial score (nSPS) is 16.0. The highest BCUT2D eigenvalue weighted by molar-refractivity contribution is 7.81. The van der Waals surface area contributed by atoms with Crippen LogP contribution in [0.4, 0.5) is 0 Å². The number of hydrogen-bond donors (Lipinski definition) is 2. The van der Waals surface area contributed by atoms with Gasteiger partial charge in [0.2, 0.25) is 0 Å². The summed E-state index contributed by atoms with van der Waals surface area (Å²) in [4.78, 5) is 0. The van der Waals surface area contributed by atoms with Gasteiger partial charge in [-0.2, -0.15) is 16.8 Å². The molecule has 122 valence electrons. The first-order valence-electron chi connectivity index (χ1n) is 6.36. The molecule has 0 saturated heterocycles. The Morgan fingerprint density at radius 2 is 1.40 bits per heavy atom. The largest absolute Gasteiger partial charge is 0.397 e. The van der Waals surface area contributed by atoms with Gasteiger partial charge in [0.05, 0.1) is 0 Å². The first-order valence-corrected chi connectivity index (χ1v) is 9.09. The summed E-state index contributed by atoms with van der Waals surface area (Å²) >= 11 is 0. The number of rotatable bonds is 11. The Bertz CT molecular complexity index is 456. The van der Waals surface area contributed by atoms with Crippen LogP contribution in [0.1, 0.15) is 52.4 Å². The molecule has 8 nitrogen and oxygen atoms in total. The molecule has 0 aliphatic heterocycles. The maximum absolute atomic E-state index is 10.7. The quantitative estimate of drug-likeness (QED) is 0.432. The molecule has 10 heteroatoms. The average Bonchev–Trinajstić information content (AvgIpc) is 2.23. The lowest BCUT2D eigenvalue weighted by atomic mass is 10.1. The molecule has 0 aromatic carbocycles. The lowest BCUT2D eigenvalue weighted by Crippen LogP contribution is -2.33. The monoisotopic (exact) mass is 334 g/mol. The van der Waals surface area contributed by atoms with E-state index in [1.165, 1.54) is 6.92 Å². The molecule has 20 heavy (non-hydrogen) atoms. The second-order valence-electron chi connectivity index (χ2n) is 4.49. The summed E-state index contributed by atoms with van der Waals surface area (Å²) in [6, 6.07) is 0. The van der Waals surface area contributed by atoms with E-state index in [0.717, 1.165) is 25.7 Å². The van der Waals surface area contributed by atoms with Crippen LogP contribution >= 0.6 is 0 Å². The number of hydrogen-bond acceptors (Lipinski definition) is 6. The van der Waals surface area contributed by atoms with Gasteiger partial charge in [-0.1, -0.05) is 39.0 Å². The Hall–Kier alpha value is -0.260. The summed E-state index contributed by atoms with van der Waals surface area (Å²) in [5.41, 5.74) is 0. The fourth-order valence-electron chi connectivity index (χ4n) is 1.72. The van der Waals surface area contributed by atoms with Crippen LogP contribution in [0.2, 0.25) is 0 Å². The topological polar surface area (TPSA) is 127 Å². The standard InChI is InChI=1S/C10H22O8S2/c1-3-4-5-6-7-8-10(18-20(14,15)16)9(2)17-19(11,12)13/h9-10H,3-8H2,1-2H3,(H,11,12,13)(H,14,15,16). The predicted molar refractivity (Wildman–Crippen MR) is 71.9 cm³/mol. The lowest BCUT2D eigenvalue weighted by Gasteiger charge is -2.21. The van der Waals surface area contributed by atoms with Gasteiger partial charge in [0.15, 0.2) is 0 Å². The van der Waals surface area contributed by atoms with E-state index >= 15 is 0 Å². The Labute approximate surface area is 120 Å². The van der Waals surface area contributed by atoms with E-state index in [2.05, 4.69) is 8.37 Å². The maximum atomic E-state index is 10.7. The number of unbranched alkanes of at least 4 members (excludes halogenated alkanes) is 4. The van der Waals surface area contributed by atoms with Gasteiger partial charge in [0.25, 0.3) is 0 Å². The van der Waals surface area contributed by atoms with Crippen molar-refractivity contribution in [2.45, 2.75) is 64.6 Å². The van der Waals surface area contributed by atoms with E-state index < -0.39 is 33.0 Å². The van der Waals surface area contributed by atoms with E-state index in [1.807, 2.05) is 6.92 Å². The molecule has 2 atom stereocenters. The summed E-state index contributed by atoms with van der Waals surface area (Å²) in [5.74, 6) is 0. The summed E-state index contributed by atoms with van der Waals surface area (Å²) in [7, 11) is -9.45. The van der Waals surface area contributed by atoms with Gasteiger partial charge in [-0.05, 0) is 13.3 Å². The highest BCUT2D eigenvalue weighted by atomic mass is 32.3. The lowest BCUT2D eigenvalue weighted by molar-refractivity contribution is 0.0501. The van der Waals surface area contributed by atoms with E-state index in [9.17, 15) is 16.8 Å². The summed E-state index contributed by atoms with van der Waals surface area (Å²) < 4.78 is 68.5. The van der Waals surface area contributed by atoms with Crippen molar-refractivity contribution in [3.8, 4) is 0 Å². The molecule has 0 bridgehead atoms. The molecular weight excluding hydrogens is 312 g/mol. The SMILES string of the molecule is CCCCCCCC(OS(=O)(=O)O)C(C)OS(=O)(=O)O. The zero-order chi connectivity index (χ0) is 15.8. The van der Waals surface area contributed by atoms with Crippen molar-refractivity contribution in [2.75, 3.05) is 0 Å². The zero-order valence-electron chi connectivity index (χ0n) is 11.6. The highest BCUT2D eigenvalue weighted by Crippen LogP contribution is 2.17. The van der Waals surface area contributed by atoms with Gasteiger partial charge in [-0.3, -0.25) is 9.11 Å². The fourth-order valence-corrected chi connectivity index (χ4v) is 2.79. The van der Waals surface area contributed by atoms with Crippen LogP contribution in [-0.2, 0) is 29.2 Å². The molecule has 0 rings (SSSR count). The smallest absolute Gasteiger partial charge is 0.264 e. The van der Waals surface area contributed by atoms with E-state index in [0.29, 0.717) is 6.42 Å². The molecule has 2 unspecified atom stereocenters. The minimum absolute atomic E-state index is 0.181. The molecule has 0 aliphatic carbocycles. The second-order valence-corrected chi connectivity index (χ2v) is 6.59. The van der Waals surface area contributed by atoms with Gasteiger partial charge in [0.1, 0.15) is 12.2 Å². The van der Waals surface area contributed by atoms with Crippen molar-refractivity contribution in [3.05, 3.63) is 0 Å². The van der Waals surface area contributed by atoms with Crippen molar-refractivity contribution >= 4 is 20.8 Å². The molecule has 0 aliphatic rings. The molecule has 0 saturated carbocycles. The van der Waals surface area contributed by atoms with Crippen LogP contribution in [0.5, 0.6) is 0 Å². The van der Waals surface area contributed by atoms with Gasteiger partial charge in [-0.15, -0.1) is 0 Å². The van der Waals surface area contributed by atoms with E-state index in [-0.39, 0.29) is 6.42 Å². The Morgan fingerprint density at radius 1 is 0.900 bits per heavy atom. The Morgan fingerprint density at radius 3 is 1.85 bits per heavy atom. The molecule has 0 amide bonds. The Balaban J connectivity index is 4.49. The minimum atomic E-state index is -4.73. The fraction of sp³-hybridized carbons (Fsp3) is 1.00. The van der Waals surface area contributed by atoms with Crippen LogP contribution in [0, 0.1) is 0 Å². The van der Waals surface area contributed by atoms with Gasteiger partial charge in [-0.25, -0.2) is 8.37 Å².